The van der Waals surface area contributed by atoms with Gasteiger partial charge in [0, 0.05) is 18.2 Å². The van der Waals surface area contributed by atoms with Crippen molar-refractivity contribution in [2.75, 3.05) is 13.2 Å². The molecule has 1 saturated heterocycles. The monoisotopic (exact) mass is 319 g/mol. The average Bonchev–Trinajstić information content (AvgIpc) is 2.70. The van der Waals surface area contributed by atoms with Gasteiger partial charge in [0.25, 0.3) is 0 Å². The molecule has 1 N–H and O–H groups in total. The normalized spacial score (nSPS) is 24.7. The van der Waals surface area contributed by atoms with Crippen LogP contribution in [0, 0.1) is 17.6 Å². The summed E-state index contributed by atoms with van der Waals surface area (Å²) < 4.78 is 27.8. The molecule has 0 amide bonds. The third kappa shape index (κ3) is 2.58. The fourth-order valence-corrected chi connectivity index (χ4v) is 2.87. The zero-order valence-corrected chi connectivity index (χ0v) is 11.8. The second-order valence-corrected chi connectivity index (χ2v) is 5.66. The molecule has 0 aromatic heterocycles. The van der Waals surface area contributed by atoms with Gasteiger partial charge in [-0.2, -0.15) is 0 Å². The van der Waals surface area contributed by atoms with E-state index in [-0.39, 0.29) is 29.2 Å². The van der Waals surface area contributed by atoms with Crippen LogP contribution >= 0.6 is 15.9 Å². The van der Waals surface area contributed by atoms with Crippen LogP contribution in [-0.4, -0.2) is 29.2 Å². The number of hydrogen-bond acceptors (Lipinski definition) is 2. The summed E-state index contributed by atoms with van der Waals surface area (Å²) in [5.74, 6) is -0.730. The number of aliphatic hydroxyl groups excluding tert-OH is 1. The van der Waals surface area contributed by atoms with Crippen molar-refractivity contribution in [1.82, 2.24) is 4.90 Å². The van der Waals surface area contributed by atoms with E-state index in [1.807, 2.05) is 4.90 Å². The van der Waals surface area contributed by atoms with E-state index >= 15 is 0 Å². The van der Waals surface area contributed by atoms with Crippen LogP contribution in [-0.2, 0) is 6.54 Å². The quantitative estimate of drug-likeness (QED) is 0.866. The summed E-state index contributed by atoms with van der Waals surface area (Å²) in [4.78, 5) is 1.94. The van der Waals surface area contributed by atoms with E-state index in [1.54, 1.807) is 0 Å². The lowest BCUT2D eigenvalue weighted by molar-refractivity contribution is 0.132. The molecule has 1 aliphatic heterocycles. The molecule has 0 saturated carbocycles. The molecule has 2 atom stereocenters. The summed E-state index contributed by atoms with van der Waals surface area (Å²) in [7, 11) is 0. The van der Waals surface area contributed by atoms with Crippen LogP contribution in [0.4, 0.5) is 8.78 Å². The van der Waals surface area contributed by atoms with Crippen LogP contribution in [0.25, 0.3) is 0 Å². The molecule has 1 heterocycles. The zero-order chi connectivity index (χ0) is 13.3. The largest absolute Gasteiger partial charge is 0.395 e. The topological polar surface area (TPSA) is 23.5 Å². The van der Waals surface area contributed by atoms with Crippen LogP contribution in [0.2, 0.25) is 0 Å². The summed E-state index contributed by atoms with van der Waals surface area (Å²) in [6.07, 6.45) is 0.947. The number of aliphatic hydroxyl groups is 1. The molecule has 0 bridgehead atoms. The lowest BCUT2D eigenvalue weighted by Crippen LogP contribution is -2.35. The second-order valence-electron chi connectivity index (χ2n) is 4.81. The van der Waals surface area contributed by atoms with E-state index in [1.165, 1.54) is 12.1 Å². The standard InChI is InChI=1S/C13H16BrF2NO/c1-8-4-5-17(12(8)7-18)6-9-11(15)3-2-10(14)13(9)16/h2-3,8,12,18H,4-7H2,1H3. The van der Waals surface area contributed by atoms with Crippen molar-refractivity contribution in [2.24, 2.45) is 5.92 Å². The molecule has 0 aliphatic carbocycles. The van der Waals surface area contributed by atoms with Crippen molar-refractivity contribution in [3.63, 3.8) is 0 Å². The number of hydrogen-bond donors (Lipinski definition) is 1. The molecule has 1 aromatic carbocycles. The van der Waals surface area contributed by atoms with Crippen molar-refractivity contribution in [2.45, 2.75) is 25.9 Å². The summed E-state index contributed by atoms with van der Waals surface area (Å²) in [6.45, 7) is 3.04. The smallest absolute Gasteiger partial charge is 0.144 e. The summed E-state index contributed by atoms with van der Waals surface area (Å²) >= 11 is 3.06. The Labute approximate surface area is 114 Å². The Kier molecular flexibility index (Phi) is 4.35. The Morgan fingerprint density at radius 1 is 1.44 bits per heavy atom. The number of nitrogens with zero attached hydrogens (tertiary/aromatic N) is 1. The van der Waals surface area contributed by atoms with Crippen molar-refractivity contribution in [1.29, 1.82) is 0 Å². The minimum atomic E-state index is -0.550. The van der Waals surface area contributed by atoms with Gasteiger partial charge in [0.2, 0.25) is 0 Å². The van der Waals surface area contributed by atoms with E-state index in [9.17, 15) is 13.9 Å². The lowest BCUT2D eigenvalue weighted by atomic mass is 10.0. The maximum Gasteiger partial charge on any atom is 0.144 e. The first kappa shape index (κ1) is 13.9. The van der Waals surface area contributed by atoms with Crippen molar-refractivity contribution < 1.29 is 13.9 Å². The Morgan fingerprint density at radius 2 is 2.17 bits per heavy atom. The van der Waals surface area contributed by atoms with Gasteiger partial charge < -0.3 is 5.11 Å². The Morgan fingerprint density at radius 3 is 2.83 bits per heavy atom. The Bertz CT molecular complexity index is 441. The van der Waals surface area contributed by atoms with E-state index in [0.29, 0.717) is 5.92 Å². The number of rotatable bonds is 3. The minimum absolute atomic E-state index is 0.0113. The lowest BCUT2D eigenvalue weighted by Gasteiger charge is -2.25. The first-order valence-electron chi connectivity index (χ1n) is 6.02. The van der Waals surface area contributed by atoms with Gasteiger partial charge in [-0.3, -0.25) is 4.90 Å². The minimum Gasteiger partial charge on any atom is -0.395 e. The van der Waals surface area contributed by atoms with Gasteiger partial charge in [0.15, 0.2) is 0 Å². The highest BCUT2D eigenvalue weighted by atomic mass is 79.9. The maximum atomic E-state index is 13.9. The van der Waals surface area contributed by atoms with Crippen molar-refractivity contribution in [3.8, 4) is 0 Å². The van der Waals surface area contributed by atoms with E-state index in [4.69, 9.17) is 0 Å². The van der Waals surface area contributed by atoms with Gasteiger partial charge >= 0.3 is 0 Å². The van der Waals surface area contributed by atoms with Crippen LogP contribution < -0.4 is 0 Å². The van der Waals surface area contributed by atoms with Crippen molar-refractivity contribution >= 4 is 15.9 Å². The third-order valence-corrected chi connectivity index (χ3v) is 4.30. The molecule has 1 aromatic rings. The van der Waals surface area contributed by atoms with Crippen LogP contribution in [0.3, 0.4) is 0 Å². The molecule has 2 unspecified atom stereocenters. The first-order chi connectivity index (χ1) is 8.54. The highest BCUT2D eigenvalue weighted by molar-refractivity contribution is 9.10. The average molecular weight is 320 g/mol. The summed E-state index contributed by atoms with van der Waals surface area (Å²) in [5.41, 5.74) is 0.0666. The fraction of sp³-hybridized carbons (Fsp3) is 0.538. The van der Waals surface area contributed by atoms with Gasteiger partial charge in [-0.1, -0.05) is 6.92 Å². The Hall–Kier alpha value is -0.520. The molecule has 2 nitrogen and oxygen atoms in total. The highest BCUT2D eigenvalue weighted by Crippen LogP contribution is 2.28. The van der Waals surface area contributed by atoms with Gasteiger partial charge in [-0.15, -0.1) is 0 Å². The van der Waals surface area contributed by atoms with E-state index in [0.717, 1.165) is 13.0 Å². The SMILES string of the molecule is CC1CCN(Cc2c(F)ccc(Br)c2F)C1CO. The fourth-order valence-electron chi connectivity index (χ4n) is 2.50. The Balaban J connectivity index is 2.22. The number of halogens is 3. The predicted molar refractivity (Wildman–Crippen MR) is 69.1 cm³/mol. The molecule has 1 aliphatic rings. The number of likely N-dealkylation sites (tertiary alicyclic amines) is 1. The van der Waals surface area contributed by atoms with Gasteiger partial charge in [0.05, 0.1) is 11.1 Å². The summed E-state index contributed by atoms with van der Waals surface area (Å²) in [6, 6.07) is 2.61. The molecular weight excluding hydrogens is 304 g/mol. The van der Waals surface area contributed by atoms with E-state index < -0.39 is 11.6 Å². The maximum absolute atomic E-state index is 13.9. The van der Waals surface area contributed by atoms with Crippen LogP contribution in [0.5, 0.6) is 0 Å². The van der Waals surface area contributed by atoms with Crippen LogP contribution in [0.1, 0.15) is 18.9 Å². The van der Waals surface area contributed by atoms with E-state index in [2.05, 4.69) is 22.9 Å². The van der Waals surface area contributed by atoms with Crippen molar-refractivity contribution in [3.05, 3.63) is 33.8 Å². The van der Waals surface area contributed by atoms with Gasteiger partial charge in [0.1, 0.15) is 11.6 Å². The molecule has 1 fully saturated rings. The summed E-state index contributed by atoms with van der Waals surface area (Å²) in [5, 5.41) is 9.34. The van der Waals surface area contributed by atoms with Gasteiger partial charge in [-0.25, -0.2) is 8.78 Å². The molecule has 0 radical (unpaired) electrons. The predicted octanol–water partition coefficient (Wildman–Crippen LogP) is 2.93. The number of benzene rings is 1. The second kappa shape index (κ2) is 5.63. The zero-order valence-electron chi connectivity index (χ0n) is 10.2. The molecule has 2 rings (SSSR count). The molecule has 18 heavy (non-hydrogen) atoms. The molecule has 100 valence electrons. The van der Waals surface area contributed by atoms with Crippen LogP contribution in [0.15, 0.2) is 16.6 Å². The third-order valence-electron chi connectivity index (χ3n) is 3.68. The molecule has 5 heteroatoms. The molecular formula is C13H16BrF2NO. The highest BCUT2D eigenvalue weighted by Gasteiger charge is 2.31. The first-order valence-corrected chi connectivity index (χ1v) is 6.81. The van der Waals surface area contributed by atoms with Gasteiger partial charge in [-0.05, 0) is 46.9 Å². The molecule has 0 spiro atoms.